The molecule has 1 saturated heterocycles. The van der Waals surface area contributed by atoms with Gasteiger partial charge in [-0.25, -0.2) is 0 Å². The molecule has 2 unspecified atom stereocenters. The van der Waals surface area contributed by atoms with Crippen molar-refractivity contribution in [3.8, 4) is 0 Å². The zero-order valence-corrected chi connectivity index (χ0v) is 6.77. The average Bonchev–Trinajstić information content (AvgIpc) is 2.05. The number of hydrogen-bond acceptors (Lipinski definition) is 2. The summed E-state index contributed by atoms with van der Waals surface area (Å²) in [5, 5.41) is 3.37. The first-order chi connectivity index (χ1) is 4.84. The van der Waals surface area contributed by atoms with E-state index in [1.807, 2.05) is 0 Å². The Morgan fingerprint density at radius 2 is 2.50 bits per heavy atom. The number of nitrogens with one attached hydrogen (secondary N) is 1. The minimum atomic E-state index is 0.424. The van der Waals surface area contributed by atoms with Crippen LogP contribution < -0.4 is 11.1 Å². The summed E-state index contributed by atoms with van der Waals surface area (Å²) in [7, 11) is 0. The van der Waals surface area contributed by atoms with E-state index >= 15 is 0 Å². The van der Waals surface area contributed by atoms with Crippen molar-refractivity contribution in [1.82, 2.24) is 5.32 Å². The van der Waals surface area contributed by atoms with E-state index in [0.717, 1.165) is 18.9 Å². The fraction of sp³-hybridized carbons (Fsp3) is 1.00. The number of rotatable bonds is 2. The fourth-order valence-electron chi connectivity index (χ4n) is 1.58. The molecule has 0 spiro atoms. The summed E-state index contributed by atoms with van der Waals surface area (Å²) in [5.74, 6) is 0.735. The SMILES string of the molecule is CCC(N)C1CCCNC1. The van der Waals surface area contributed by atoms with Crippen molar-refractivity contribution in [3.05, 3.63) is 0 Å². The van der Waals surface area contributed by atoms with E-state index in [2.05, 4.69) is 12.2 Å². The molecule has 1 rings (SSSR count). The lowest BCUT2D eigenvalue weighted by Gasteiger charge is -2.27. The molecule has 0 saturated carbocycles. The normalized spacial score (nSPS) is 30.0. The predicted octanol–water partition coefficient (Wildman–Crippen LogP) is 0.723. The van der Waals surface area contributed by atoms with Crippen molar-refractivity contribution >= 4 is 0 Å². The largest absolute Gasteiger partial charge is 0.327 e. The summed E-state index contributed by atoms with van der Waals surface area (Å²) in [4.78, 5) is 0. The molecule has 0 aromatic heterocycles. The summed E-state index contributed by atoms with van der Waals surface area (Å²) < 4.78 is 0. The van der Waals surface area contributed by atoms with Gasteiger partial charge in [0.2, 0.25) is 0 Å². The van der Waals surface area contributed by atoms with E-state index in [1.165, 1.54) is 19.4 Å². The van der Waals surface area contributed by atoms with Crippen molar-refractivity contribution < 1.29 is 0 Å². The van der Waals surface area contributed by atoms with Gasteiger partial charge in [-0.2, -0.15) is 0 Å². The maximum atomic E-state index is 5.91. The topological polar surface area (TPSA) is 38.0 Å². The molecule has 1 heterocycles. The molecule has 2 nitrogen and oxygen atoms in total. The van der Waals surface area contributed by atoms with E-state index < -0.39 is 0 Å². The first kappa shape index (κ1) is 8.02. The van der Waals surface area contributed by atoms with Crippen LogP contribution in [0.15, 0.2) is 0 Å². The predicted molar refractivity (Wildman–Crippen MR) is 43.9 cm³/mol. The zero-order chi connectivity index (χ0) is 7.40. The second-order valence-corrected chi connectivity index (χ2v) is 3.18. The van der Waals surface area contributed by atoms with Gasteiger partial charge in [0, 0.05) is 6.04 Å². The number of nitrogens with two attached hydrogens (primary N) is 1. The van der Waals surface area contributed by atoms with E-state index in [1.54, 1.807) is 0 Å². The molecule has 0 radical (unpaired) electrons. The van der Waals surface area contributed by atoms with Gasteiger partial charge in [-0.15, -0.1) is 0 Å². The quantitative estimate of drug-likeness (QED) is 0.596. The van der Waals surface area contributed by atoms with Crippen LogP contribution in [0.2, 0.25) is 0 Å². The standard InChI is InChI=1S/C8H18N2/c1-2-8(9)7-4-3-5-10-6-7/h7-8,10H,2-6,9H2,1H3. The molecule has 1 aliphatic heterocycles. The van der Waals surface area contributed by atoms with Gasteiger partial charge >= 0.3 is 0 Å². The lowest BCUT2D eigenvalue weighted by Crippen LogP contribution is -2.40. The van der Waals surface area contributed by atoms with Gasteiger partial charge in [-0.1, -0.05) is 6.92 Å². The summed E-state index contributed by atoms with van der Waals surface area (Å²) in [6.07, 6.45) is 3.74. The third-order valence-corrected chi connectivity index (χ3v) is 2.41. The Labute approximate surface area is 63.2 Å². The minimum Gasteiger partial charge on any atom is -0.327 e. The van der Waals surface area contributed by atoms with E-state index in [9.17, 15) is 0 Å². The van der Waals surface area contributed by atoms with Crippen LogP contribution in [-0.4, -0.2) is 19.1 Å². The minimum absolute atomic E-state index is 0.424. The Balaban J connectivity index is 2.24. The lowest BCUT2D eigenvalue weighted by molar-refractivity contribution is 0.317. The maximum absolute atomic E-state index is 5.91. The summed E-state index contributed by atoms with van der Waals surface area (Å²) in [6, 6.07) is 0.424. The molecular weight excluding hydrogens is 124 g/mol. The first-order valence-corrected chi connectivity index (χ1v) is 4.31. The monoisotopic (exact) mass is 142 g/mol. The Bertz CT molecular complexity index is 87.3. The van der Waals surface area contributed by atoms with Gasteiger partial charge < -0.3 is 11.1 Å². The van der Waals surface area contributed by atoms with Crippen LogP contribution in [0.3, 0.4) is 0 Å². The van der Waals surface area contributed by atoms with E-state index in [4.69, 9.17) is 5.73 Å². The van der Waals surface area contributed by atoms with E-state index in [0.29, 0.717) is 6.04 Å². The Kier molecular flexibility index (Phi) is 3.16. The van der Waals surface area contributed by atoms with Crippen molar-refractivity contribution in [2.45, 2.75) is 32.2 Å². The molecule has 1 aliphatic rings. The van der Waals surface area contributed by atoms with Crippen molar-refractivity contribution in [2.75, 3.05) is 13.1 Å². The second-order valence-electron chi connectivity index (χ2n) is 3.18. The Morgan fingerprint density at radius 1 is 1.70 bits per heavy atom. The highest BCUT2D eigenvalue weighted by Gasteiger charge is 2.17. The van der Waals surface area contributed by atoms with Gasteiger partial charge in [0.25, 0.3) is 0 Å². The highest BCUT2D eigenvalue weighted by Crippen LogP contribution is 2.14. The molecule has 0 bridgehead atoms. The fourth-order valence-corrected chi connectivity index (χ4v) is 1.58. The summed E-state index contributed by atoms with van der Waals surface area (Å²) >= 11 is 0. The maximum Gasteiger partial charge on any atom is 0.00766 e. The van der Waals surface area contributed by atoms with Crippen LogP contribution in [0.5, 0.6) is 0 Å². The molecule has 0 amide bonds. The Morgan fingerprint density at radius 3 is 3.00 bits per heavy atom. The molecule has 2 heteroatoms. The zero-order valence-electron chi connectivity index (χ0n) is 6.77. The lowest BCUT2D eigenvalue weighted by atomic mass is 9.91. The summed E-state index contributed by atoms with van der Waals surface area (Å²) in [5.41, 5.74) is 5.91. The third kappa shape index (κ3) is 1.96. The van der Waals surface area contributed by atoms with Crippen LogP contribution in [0, 0.1) is 5.92 Å². The molecule has 0 aromatic carbocycles. The van der Waals surface area contributed by atoms with Crippen LogP contribution in [0.4, 0.5) is 0 Å². The third-order valence-electron chi connectivity index (χ3n) is 2.41. The number of piperidine rings is 1. The van der Waals surface area contributed by atoms with E-state index in [-0.39, 0.29) is 0 Å². The molecular formula is C8H18N2. The highest BCUT2D eigenvalue weighted by atomic mass is 14.9. The van der Waals surface area contributed by atoms with Crippen LogP contribution >= 0.6 is 0 Å². The van der Waals surface area contributed by atoms with Gasteiger partial charge in [0.1, 0.15) is 0 Å². The van der Waals surface area contributed by atoms with Crippen molar-refractivity contribution in [3.63, 3.8) is 0 Å². The molecule has 60 valence electrons. The molecule has 1 fully saturated rings. The van der Waals surface area contributed by atoms with Crippen molar-refractivity contribution in [2.24, 2.45) is 11.7 Å². The van der Waals surface area contributed by atoms with Crippen molar-refractivity contribution in [1.29, 1.82) is 0 Å². The van der Waals surface area contributed by atoms with Gasteiger partial charge in [0.05, 0.1) is 0 Å². The molecule has 0 aliphatic carbocycles. The van der Waals surface area contributed by atoms with Gasteiger partial charge in [-0.05, 0) is 38.3 Å². The molecule has 10 heavy (non-hydrogen) atoms. The van der Waals surface area contributed by atoms with Crippen LogP contribution in [0.1, 0.15) is 26.2 Å². The van der Waals surface area contributed by atoms with Crippen LogP contribution in [0.25, 0.3) is 0 Å². The second kappa shape index (κ2) is 3.94. The van der Waals surface area contributed by atoms with Gasteiger partial charge in [-0.3, -0.25) is 0 Å². The highest BCUT2D eigenvalue weighted by molar-refractivity contribution is 4.77. The average molecular weight is 142 g/mol. The molecule has 0 aromatic rings. The molecule has 3 N–H and O–H groups in total. The van der Waals surface area contributed by atoms with Gasteiger partial charge in [0.15, 0.2) is 0 Å². The molecule has 2 atom stereocenters. The van der Waals surface area contributed by atoms with Crippen LogP contribution in [-0.2, 0) is 0 Å². The smallest absolute Gasteiger partial charge is 0.00766 e. The Hall–Kier alpha value is -0.0800. The first-order valence-electron chi connectivity index (χ1n) is 4.31. The number of hydrogen-bond donors (Lipinski definition) is 2. The summed E-state index contributed by atoms with van der Waals surface area (Å²) in [6.45, 7) is 4.49.